The van der Waals surface area contributed by atoms with Gasteiger partial charge in [-0.1, -0.05) is 29.8 Å². The van der Waals surface area contributed by atoms with Gasteiger partial charge in [0.2, 0.25) is 0 Å². The van der Waals surface area contributed by atoms with Crippen LogP contribution in [0.15, 0.2) is 29.4 Å². The van der Waals surface area contributed by atoms with Gasteiger partial charge in [-0.15, -0.1) is 0 Å². The van der Waals surface area contributed by atoms with Crippen molar-refractivity contribution in [1.29, 1.82) is 0 Å². The monoisotopic (exact) mass is 203 g/mol. The van der Waals surface area contributed by atoms with Gasteiger partial charge in [0.1, 0.15) is 0 Å². The molecule has 4 heteroatoms. The summed E-state index contributed by atoms with van der Waals surface area (Å²) in [6.07, 6.45) is 0. The van der Waals surface area contributed by atoms with Gasteiger partial charge in [0.25, 0.3) is 0 Å². The second kappa shape index (κ2) is 3.73. The van der Waals surface area contributed by atoms with Crippen molar-refractivity contribution >= 4 is 11.7 Å². The average Bonchev–Trinajstić information content (AvgIpc) is 2.20. The number of urea groups is 1. The van der Waals surface area contributed by atoms with Crippen LogP contribution in [0.5, 0.6) is 0 Å². The lowest BCUT2D eigenvalue weighted by Crippen LogP contribution is -2.48. The molecule has 0 spiro atoms. The largest absolute Gasteiger partial charge is 0.335 e. The highest BCUT2D eigenvalue weighted by Crippen LogP contribution is 2.08. The molecular weight excluding hydrogens is 190 g/mol. The van der Waals surface area contributed by atoms with Gasteiger partial charge in [-0.05, 0) is 19.4 Å². The smallest absolute Gasteiger partial charge is 0.328 e. The van der Waals surface area contributed by atoms with Crippen LogP contribution in [-0.2, 0) is 0 Å². The maximum atomic E-state index is 11.0. The highest BCUT2D eigenvalue weighted by Gasteiger charge is 2.19. The Bertz CT molecular complexity index is 408. The first kappa shape index (κ1) is 9.71. The molecule has 15 heavy (non-hydrogen) atoms. The number of hydrogen-bond acceptors (Lipinski definition) is 2. The van der Waals surface area contributed by atoms with Crippen molar-refractivity contribution in [3.63, 3.8) is 0 Å². The number of carbonyl (C=O) groups excluding carboxylic acids is 1. The van der Waals surface area contributed by atoms with E-state index in [1.54, 1.807) is 0 Å². The van der Waals surface area contributed by atoms with E-state index in [-0.39, 0.29) is 12.1 Å². The number of hydrogen-bond donors (Lipinski definition) is 2. The summed E-state index contributed by atoms with van der Waals surface area (Å²) >= 11 is 0. The van der Waals surface area contributed by atoms with Crippen molar-refractivity contribution in [1.82, 2.24) is 10.7 Å². The van der Waals surface area contributed by atoms with Crippen molar-refractivity contribution in [3.8, 4) is 0 Å². The molecular formula is C11H13N3O. The minimum absolute atomic E-state index is 0.0542. The summed E-state index contributed by atoms with van der Waals surface area (Å²) < 4.78 is 0. The number of nitrogens with zero attached hydrogens (tertiary/aromatic N) is 1. The topological polar surface area (TPSA) is 53.5 Å². The number of benzene rings is 1. The predicted octanol–water partition coefficient (Wildman–Crippen LogP) is 1.40. The molecule has 1 aromatic rings. The third kappa shape index (κ3) is 1.98. The van der Waals surface area contributed by atoms with E-state index in [1.807, 2.05) is 38.1 Å². The number of carbonyl (C=O) groups is 1. The predicted molar refractivity (Wildman–Crippen MR) is 58.8 cm³/mol. The van der Waals surface area contributed by atoms with Crippen LogP contribution >= 0.6 is 0 Å². The van der Waals surface area contributed by atoms with E-state index in [2.05, 4.69) is 15.8 Å². The maximum Gasteiger partial charge on any atom is 0.335 e. The molecule has 1 atom stereocenters. The molecule has 1 heterocycles. The average molecular weight is 203 g/mol. The second-order valence-electron chi connectivity index (χ2n) is 3.67. The van der Waals surface area contributed by atoms with E-state index in [4.69, 9.17) is 0 Å². The Hall–Kier alpha value is -1.84. The Kier molecular flexibility index (Phi) is 2.41. The minimum atomic E-state index is -0.252. The molecule has 0 aromatic heterocycles. The fourth-order valence-electron chi connectivity index (χ4n) is 1.54. The molecule has 0 bridgehead atoms. The van der Waals surface area contributed by atoms with Gasteiger partial charge in [0.15, 0.2) is 0 Å². The highest BCUT2D eigenvalue weighted by atomic mass is 16.2. The molecule has 1 aliphatic rings. The zero-order valence-corrected chi connectivity index (χ0v) is 8.74. The number of hydrazone groups is 1. The van der Waals surface area contributed by atoms with E-state index < -0.39 is 0 Å². The van der Waals surface area contributed by atoms with Crippen LogP contribution in [0.1, 0.15) is 18.1 Å². The van der Waals surface area contributed by atoms with Crippen LogP contribution in [0.25, 0.3) is 0 Å². The van der Waals surface area contributed by atoms with Crippen LogP contribution in [0, 0.1) is 6.92 Å². The fourth-order valence-corrected chi connectivity index (χ4v) is 1.54. The zero-order valence-electron chi connectivity index (χ0n) is 8.74. The quantitative estimate of drug-likeness (QED) is 0.712. The highest BCUT2D eigenvalue weighted by molar-refractivity contribution is 6.07. The third-order valence-electron chi connectivity index (χ3n) is 2.38. The summed E-state index contributed by atoms with van der Waals surface area (Å²) in [4.78, 5) is 11.0. The molecule has 4 nitrogen and oxygen atoms in total. The van der Waals surface area contributed by atoms with Crippen molar-refractivity contribution < 1.29 is 4.79 Å². The van der Waals surface area contributed by atoms with E-state index in [0.717, 1.165) is 11.3 Å². The van der Waals surface area contributed by atoms with Crippen molar-refractivity contribution in [2.24, 2.45) is 5.10 Å². The Labute approximate surface area is 88.4 Å². The number of aryl methyl sites for hydroxylation is 1. The van der Waals surface area contributed by atoms with Gasteiger partial charge >= 0.3 is 6.03 Å². The number of rotatable bonds is 1. The van der Waals surface area contributed by atoms with Crippen molar-refractivity contribution in [2.75, 3.05) is 0 Å². The van der Waals surface area contributed by atoms with E-state index >= 15 is 0 Å². The van der Waals surface area contributed by atoms with E-state index in [0.29, 0.717) is 0 Å². The standard InChI is InChI=1S/C11H13N3O/c1-7-3-5-9(6-4-7)10-8(2)12-11(15)14-13-10/h3-6,8H,1-2H3,(H2,12,14,15). The molecule has 0 fully saturated rings. The summed E-state index contributed by atoms with van der Waals surface area (Å²) in [5, 5.41) is 6.81. The molecule has 1 aliphatic heterocycles. The maximum absolute atomic E-state index is 11.0. The lowest BCUT2D eigenvalue weighted by molar-refractivity contribution is 0.239. The molecule has 2 rings (SSSR count). The summed E-state index contributed by atoms with van der Waals surface area (Å²) in [5.74, 6) is 0. The van der Waals surface area contributed by atoms with Gasteiger partial charge < -0.3 is 5.32 Å². The molecule has 1 unspecified atom stereocenters. The number of nitrogens with one attached hydrogen (secondary N) is 2. The van der Waals surface area contributed by atoms with Crippen molar-refractivity contribution in [3.05, 3.63) is 35.4 Å². The molecule has 2 N–H and O–H groups in total. The molecule has 2 amide bonds. The summed E-state index contributed by atoms with van der Waals surface area (Å²) in [7, 11) is 0. The van der Waals surface area contributed by atoms with Crippen LogP contribution in [-0.4, -0.2) is 17.8 Å². The van der Waals surface area contributed by atoms with Crippen LogP contribution in [0.4, 0.5) is 4.79 Å². The van der Waals surface area contributed by atoms with Crippen LogP contribution in [0.2, 0.25) is 0 Å². The first-order valence-electron chi connectivity index (χ1n) is 4.88. The second-order valence-corrected chi connectivity index (χ2v) is 3.67. The minimum Gasteiger partial charge on any atom is -0.328 e. The van der Waals surface area contributed by atoms with Gasteiger partial charge in [0.05, 0.1) is 11.8 Å². The van der Waals surface area contributed by atoms with Gasteiger partial charge in [-0.2, -0.15) is 5.10 Å². The summed E-state index contributed by atoms with van der Waals surface area (Å²) in [5.41, 5.74) is 5.51. The summed E-state index contributed by atoms with van der Waals surface area (Å²) in [6.45, 7) is 3.95. The zero-order chi connectivity index (χ0) is 10.8. The first-order chi connectivity index (χ1) is 7.16. The lowest BCUT2D eigenvalue weighted by atomic mass is 10.0. The number of amides is 2. The Morgan fingerprint density at radius 2 is 1.93 bits per heavy atom. The fraction of sp³-hybridized carbons (Fsp3) is 0.273. The van der Waals surface area contributed by atoms with Gasteiger partial charge in [-0.25, -0.2) is 10.2 Å². The Morgan fingerprint density at radius 3 is 2.53 bits per heavy atom. The molecule has 0 saturated heterocycles. The lowest BCUT2D eigenvalue weighted by Gasteiger charge is -2.21. The molecule has 1 aromatic carbocycles. The van der Waals surface area contributed by atoms with E-state index in [1.165, 1.54) is 5.56 Å². The van der Waals surface area contributed by atoms with E-state index in [9.17, 15) is 4.79 Å². The SMILES string of the molecule is Cc1ccc(C2=NNC(=O)NC2C)cc1. The third-order valence-corrected chi connectivity index (χ3v) is 2.38. The molecule has 0 radical (unpaired) electrons. The summed E-state index contributed by atoms with van der Waals surface area (Å²) in [6, 6.07) is 7.76. The van der Waals surface area contributed by atoms with Gasteiger partial charge in [0, 0.05) is 0 Å². The van der Waals surface area contributed by atoms with Crippen LogP contribution in [0.3, 0.4) is 0 Å². The normalized spacial score (nSPS) is 20.3. The Balaban J connectivity index is 2.31. The van der Waals surface area contributed by atoms with Crippen LogP contribution < -0.4 is 10.7 Å². The molecule has 0 aliphatic carbocycles. The van der Waals surface area contributed by atoms with Gasteiger partial charge in [-0.3, -0.25) is 0 Å². The van der Waals surface area contributed by atoms with Crippen molar-refractivity contribution in [2.45, 2.75) is 19.9 Å². The Morgan fingerprint density at radius 1 is 1.27 bits per heavy atom. The first-order valence-corrected chi connectivity index (χ1v) is 4.88. The molecule has 0 saturated carbocycles. The molecule has 78 valence electrons.